The van der Waals surface area contributed by atoms with Gasteiger partial charge in [-0.3, -0.25) is 4.57 Å². The number of phenolic OH excluding ortho intramolecular Hbond substituents is 1. The van der Waals surface area contributed by atoms with E-state index in [1.165, 1.54) is 19.2 Å². The highest BCUT2D eigenvalue weighted by molar-refractivity contribution is 5.62. The molecule has 0 saturated carbocycles. The summed E-state index contributed by atoms with van der Waals surface area (Å²) in [5.41, 5.74) is 1.78. The molecule has 4 heterocycles. The molecule has 4 N–H and O–H groups in total. The van der Waals surface area contributed by atoms with Crippen molar-refractivity contribution in [3.8, 4) is 28.6 Å². The average molecular weight is 673 g/mol. The van der Waals surface area contributed by atoms with Gasteiger partial charge in [-0.05, 0) is 62.3 Å². The van der Waals surface area contributed by atoms with Gasteiger partial charge in [-0.15, -0.1) is 10.2 Å². The number of halogens is 3. The summed E-state index contributed by atoms with van der Waals surface area (Å²) < 4.78 is 66.4. The number of rotatable bonds is 6. The number of likely N-dealkylation sites (N-methyl/N-ethyl adjacent to an activating group) is 1. The number of aromatic hydroxyl groups is 1. The third-order valence-corrected chi connectivity index (χ3v) is 10.7. The van der Waals surface area contributed by atoms with E-state index >= 15 is 0 Å². The third kappa shape index (κ3) is 4.66. The summed E-state index contributed by atoms with van der Waals surface area (Å²) in [7, 11) is 3.54. The summed E-state index contributed by atoms with van der Waals surface area (Å²) in [5.74, 6) is 0.375. The van der Waals surface area contributed by atoms with Crippen LogP contribution in [0, 0.1) is 5.92 Å². The molecule has 8 rings (SSSR count). The maximum absolute atomic E-state index is 13.9. The van der Waals surface area contributed by atoms with E-state index in [9.17, 15) is 33.6 Å². The molecule has 3 aliphatic heterocycles. The molecular formula is C33H35F3N4O8. The number of alkyl halides is 3. The minimum absolute atomic E-state index is 0.0108. The lowest BCUT2D eigenvalue weighted by atomic mass is 9.53. The van der Waals surface area contributed by atoms with E-state index in [0.29, 0.717) is 23.5 Å². The summed E-state index contributed by atoms with van der Waals surface area (Å²) in [5, 5.41) is 51.9. The zero-order chi connectivity index (χ0) is 33.7. The Kier molecular flexibility index (Phi) is 7.32. The summed E-state index contributed by atoms with van der Waals surface area (Å²) in [6.07, 6.45) is -9.62. The fourth-order valence-electron chi connectivity index (χ4n) is 8.48. The standard InChI is InChI=1S/C33H35F3N4O8/c1-39-12-11-32-18-8-10-21(28(32)47-26-20(41)9-5-16(22(26)32)13-19(18)39)46-31-25(44)23(42)24(43)27(48-31)30-38-37-29(40(30)14-33(34,35)36)15-3-6-17(45-2)7-4-15/h3-10,18-19,21,23-25,27-28,31,41-44H,11-14H2,1-2H3/t18?,19-,21+,23+,24+,25-,27?,28+,31-,32+/m1/s1. The first-order chi connectivity index (χ1) is 22.9. The molecule has 2 aliphatic carbocycles. The molecule has 2 bridgehead atoms. The third-order valence-electron chi connectivity index (χ3n) is 10.7. The second kappa shape index (κ2) is 11.1. The van der Waals surface area contributed by atoms with Gasteiger partial charge in [-0.2, -0.15) is 13.2 Å². The van der Waals surface area contributed by atoms with Crippen LogP contribution in [0.1, 0.15) is 29.5 Å². The van der Waals surface area contributed by atoms with Crippen molar-refractivity contribution in [2.75, 3.05) is 20.7 Å². The first kappa shape index (κ1) is 31.5. The van der Waals surface area contributed by atoms with Crippen LogP contribution < -0.4 is 9.47 Å². The zero-order valence-corrected chi connectivity index (χ0v) is 26.0. The van der Waals surface area contributed by atoms with E-state index < -0.39 is 66.9 Å². The molecule has 2 aromatic carbocycles. The van der Waals surface area contributed by atoms with E-state index in [1.54, 1.807) is 18.2 Å². The number of hydrogen-bond donors (Lipinski definition) is 4. The average Bonchev–Trinajstić information content (AvgIpc) is 3.63. The number of methoxy groups -OCH3 is 1. The number of aliphatic hydroxyl groups is 3. The quantitative estimate of drug-likeness (QED) is 0.286. The fourth-order valence-corrected chi connectivity index (χ4v) is 8.48. The van der Waals surface area contributed by atoms with Gasteiger partial charge in [0, 0.05) is 28.5 Å². The number of aliphatic hydroxyl groups excluding tert-OH is 3. The van der Waals surface area contributed by atoms with E-state index in [-0.39, 0.29) is 23.5 Å². The van der Waals surface area contributed by atoms with Gasteiger partial charge in [0.2, 0.25) is 0 Å². The van der Waals surface area contributed by atoms with E-state index in [4.69, 9.17) is 18.9 Å². The molecule has 48 heavy (non-hydrogen) atoms. The lowest BCUT2D eigenvalue weighted by Crippen LogP contribution is -2.66. The second-order valence-electron chi connectivity index (χ2n) is 13.2. The number of hydrogen-bond acceptors (Lipinski definition) is 11. The Morgan fingerprint density at radius 3 is 2.52 bits per heavy atom. The molecule has 2 saturated heterocycles. The number of likely N-dealkylation sites (tertiary alicyclic amines) is 1. The van der Waals surface area contributed by atoms with Crippen molar-refractivity contribution in [2.24, 2.45) is 5.92 Å². The Labute approximate surface area is 272 Å². The van der Waals surface area contributed by atoms with Crippen LogP contribution in [0.5, 0.6) is 17.2 Å². The Hall–Kier alpha value is -3.73. The molecule has 0 amide bonds. The Morgan fingerprint density at radius 2 is 1.79 bits per heavy atom. The molecule has 3 aromatic rings. The molecular weight excluding hydrogens is 637 g/mol. The summed E-state index contributed by atoms with van der Waals surface area (Å²) in [4.78, 5) is 2.32. The largest absolute Gasteiger partial charge is 0.504 e. The van der Waals surface area contributed by atoms with E-state index in [1.807, 2.05) is 12.1 Å². The van der Waals surface area contributed by atoms with Crippen molar-refractivity contribution < 1.29 is 52.5 Å². The van der Waals surface area contributed by atoms with Crippen molar-refractivity contribution in [1.82, 2.24) is 19.7 Å². The van der Waals surface area contributed by atoms with Gasteiger partial charge in [-0.1, -0.05) is 18.2 Å². The first-order valence-electron chi connectivity index (χ1n) is 15.8. The van der Waals surface area contributed by atoms with Crippen LogP contribution in [0.25, 0.3) is 11.4 Å². The van der Waals surface area contributed by atoms with Crippen molar-refractivity contribution in [2.45, 2.75) is 79.9 Å². The second-order valence-corrected chi connectivity index (χ2v) is 13.2. The lowest BCUT2D eigenvalue weighted by molar-refractivity contribution is -0.314. The summed E-state index contributed by atoms with van der Waals surface area (Å²) >= 11 is 0. The smallest absolute Gasteiger partial charge is 0.406 e. The van der Waals surface area contributed by atoms with Gasteiger partial charge < -0.3 is 44.3 Å². The predicted octanol–water partition coefficient (Wildman–Crippen LogP) is 2.23. The highest BCUT2D eigenvalue weighted by atomic mass is 19.4. The predicted molar refractivity (Wildman–Crippen MR) is 160 cm³/mol. The SMILES string of the molecule is COc1ccc(-c2nnc(C3O[C@@H](O[C@H]4C=CC5[C@H]6Cc7ccc(O)c8c7[C@@]5(CCN6C)[C@H]4O8)[C@H](O)[C@@H](O)[C@@H]3O)n2CC(F)(F)F)cc1. The van der Waals surface area contributed by atoms with Gasteiger partial charge in [0.15, 0.2) is 29.4 Å². The molecule has 0 radical (unpaired) electrons. The Balaban J connectivity index is 1.13. The van der Waals surface area contributed by atoms with Gasteiger partial charge >= 0.3 is 6.18 Å². The van der Waals surface area contributed by atoms with E-state index in [0.717, 1.165) is 28.7 Å². The van der Waals surface area contributed by atoms with Crippen molar-refractivity contribution >= 4 is 0 Å². The van der Waals surface area contributed by atoms with Gasteiger partial charge in [0.25, 0.3) is 0 Å². The molecule has 10 atom stereocenters. The summed E-state index contributed by atoms with van der Waals surface area (Å²) in [6.45, 7) is -0.741. The maximum atomic E-state index is 13.9. The molecule has 12 nitrogen and oxygen atoms in total. The van der Waals surface area contributed by atoms with Crippen LogP contribution in [0.4, 0.5) is 13.2 Å². The van der Waals surface area contributed by atoms with Crippen LogP contribution in [-0.4, -0.2) is 110 Å². The number of nitrogens with zero attached hydrogens (tertiary/aromatic N) is 4. The number of piperidine rings is 1. The molecule has 2 fully saturated rings. The lowest BCUT2D eigenvalue weighted by Gasteiger charge is -2.57. The molecule has 2 unspecified atom stereocenters. The monoisotopic (exact) mass is 672 g/mol. The normalized spacial score (nSPS) is 35.3. The van der Waals surface area contributed by atoms with Crippen LogP contribution in [0.15, 0.2) is 48.6 Å². The number of aromatic nitrogens is 3. The summed E-state index contributed by atoms with van der Waals surface area (Å²) in [6, 6.07) is 9.88. The molecule has 256 valence electrons. The minimum Gasteiger partial charge on any atom is -0.504 e. The maximum Gasteiger partial charge on any atom is 0.406 e. The zero-order valence-electron chi connectivity index (χ0n) is 26.0. The van der Waals surface area contributed by atoms with Crippen LogP contribution >= 0.6 is 0 Å². The topological polar surface area (TPSA) is 152 Å². The molecule has 5 aliphatic rings. The Bertz CT molecular complexity index is 1750. The van der Waals surface area contributed by atoms with Gasteiger partial charge in [0.1, 0.15) is 48.9 Å². The number of benzene rings is 2. The van der Waals surface area contributed by atoms with Crippen LogP contribution in [0.3, 0.4) is 0 Å². The molecule has 1 spiro atoms. The van der Waals surface area contributed by atoms with Crippen LogP contribution in [0.2, 0.25) is 0 Å². The Morgan fingerprint density at radius 1 is 1.02 bits per heavy atom. The molecule has 1 aromatic heterocycles. The first-order valence-corrected chi connectivity index (χ1v) is 15.8. The fraction of sp³-hybridized carbons (Fsp3) is 0.515. The van der Waals surface area contributed by atoms with Gasteiger partial charge in [0.05, 0.1) is 7.11 Å². The number of ether oxygens (including phenoxy) is 4. The van der Waals surface area contributed by atoms with Gasteiger partial charge in [-0.25, -0.2) is 0 Å². The van der Waals surface area contributed by atoms with Crippen molar-refractivity contribution in [3.05, 3.63) is 65.5 Å². The highest BCUT2D eigenvalue weighted by Crippen LogP contribution is 2.62. The van der Waals surface area contributed by atoms with Crippen molar-refractivity contribution in [3.63, 3.8) is 0 Å². The molecule has 15 heteroatoms. The van der Waals surface area contributed by atoms with Crippen LogP contribution in [-0.2, 0) is 27.9 Å². The van der Waals surface area contributed by atoms with Crippen molar-refractivity contribution in [1.29, 1.82) is 0 Å². The van der Waals surface area contributed by atoms with E-state index in [2.05, 4.69) is 28.2 Å². The highest BCUT2D eigenvalue weighted by Gasteiger charge is 2.65. The minimum atomic E-state index is -4.71. The number of phenols is 1.